The molecule has 0 spiro atoms. The summed E-state index contributed by atoms with van der Waals surface area (Å²) in [6, 6.07) is 15.4. The second-order valence-electron chi connectivity index (χ2n) is 5.34. The molecule has 0 atom stereocenters. The number of phenols is 2. The van der Waals surface area contributed by atoms with E-state index < -0.39 is 5.91 Å². The minimum atomic E-state index is -0.508. The van der Waals surface area contributed by atoms with E-state index in [4.69, 9.17) is 4.74 Å². The molecule has 0 heterocycles. The number of methoxy groups -OCH3 is 1. The second-order valence-corrected chi connectivity index (χ2v) is 5.34. The lowest BCUT2D eigenvalue weighted by atomic mass is 10.1. The molecule has 1 amide bonds. The monoisotopic (exact) mass is 336 g/mol. The van der Waals surface area contributed by atoms with Crippen molar-refractivity contribution in [2.75, 3.05) is 7.11 Å². The Morgan fingerprint density at radius 1 is 1.04 bits per heavy atom. The van der Waals surface area contributed by atoms with Crippen LogP contribution in [0.4, 0.5) is 0 Å². The Morgan fingerprint density at radius 2 is 1.76 bits per heavy atom. The first-order chi connectivity index (χ1) is 12.1. The Labute approximate surface area is 144 Å². The molecule has 0 bridgehead atoms. The molecule has 126 valence electrons. The van der Waals surface area contributed by atoms with Gasteiger partial charge in [0.15, 0.2) is 11.5 Å². The average molecular weight is 336 g/mol. The van der Waals surface area contributed by atoms with Gasteiger partial charge in [0.25, 0.3) is 5.91 Å². The smallest absolute Gasteiger partial charge is 0.271 e. The Bertz CT molecular complexity index is 967. The summed E-state index contributed by atoms with van der Waals surface area (Å²) in [4.78, 5) is 12.0. The molecule has 0 radical (unpaired) electrons. The number of rotatable bonds is 4. The molecule has 3 rings (SSSR count). The lowest BCUT2D eigenvalue weighted by molar-refractivity contribution is 0.0954. The maximum absolute atomic E-state index is 12.0. The first-order valence-electron chi connectivity index (χ1n) is 7.50. The van der Waals surface area contributed by atoms with Crippen LogP contribution in [0.1, 0.15) is 15.9 Å². The molecule has 0 aliphatic carbocycles. The van der Waals surface area contributed by atoms with E-state index in [2.05, 4.69) is 10.5 Å². The van der Waals surface area contributed by atoms with Crippen LogP contribution >= 0.6 is 0 Å². The molecule has 0 aliphatic heterocycles. The zero-order valence-corrected chi connectivity index (χ0v) is 13.4. The van der Waals surface area contributed by atoms with E-state index in [1.165, 1.54) is 18.3 Å². The molecule has 6 nitrogen and oxygen atoms in total. The van der Waals surface area contributed by atoms with Gasteiger partial charge < -0.3 is 14.9 Å². The Morgan fingerprint density at radius 3 is 2.44 bits per heavy atom. The van der Waals surface area contributed by atoms with E-state index in [0.29, 0.717) is 5.75 Å². The molecule has 3 aromatic rings. The van der Waals surface area contributed by atoms with Gasteiger partial charge in [-0.3, -0.25) is 4.79 Å². The third-order valence-corrected chi connectivity index (χ3v) is 3.71. The number of hydrazone groups is 1. The number of hydrogen-bond acceptors (Lipinski definition) is 5. The van der Waals surface area contributed by atoms with Crippen LogP contribution in [-0.2, 0) is 0 Å². The van der Waals surface area contributed by atoms with Gasteiger partial charge in [-0.1, -0.05) is 24.3 Å². The summed E-state index contributed by atoms with van der Waals surface area (Å²) in [5.41, 5.74) is 3.27. The van der Waals surface area contributed by atoms with Crippen LogP contribution in [0.2, 0.25) is 0 Å². The van der Waals surface area contributed by atoms with Crippen molar-refractivity contribution in [1.82, 2.24) is 5.43 Å². The molecular weight excluding hydrogens is 320 g/mol. The average Bonchev–Trinajstić information content (AvgIpc) is 2.63. The van der Waals surface area contributed by atoms with Crippen LogP contribution in [-0.4, -0.2) is 29.4 Å². The van der Waals surface area contributed by atoms with Gasteiger partial charge in [0.1, 0.15) is 5.75 Å². The molecule has 0 aromatic heterocycles. The highest BCUT2D eigenvalue weighted by molar-refractivity contribution is 5.97. The Hall–Kier alpha value is -3.54. The highest BCUT2D eigenvalue weighted by atomic mass is 16.5. The quantitative estimate of drug-likeness (QED) is 0.388. The van der Waals surface area contributed by atoms with Gasteiger partial charge in [0.2, 0.25) is 0 Å². The van der Waals surface area contributed by atoms with Gasteiger partial charge in [-0.25, -0.2) is 5.43 Å². The van der Waals surface area contributed by atoms with Crippen molar-refractivity contribution < 1.29 is 19.7 Å². The van der Waals surface area contributed by atoms with E-state index in [1.807, 2.05) is 36.4 Å². The van der Waals surface area contributed by atoms with Crippen molar-refractivity contribution in [3.63, 3.8) is 0 Å². The molecule has 0 aliphatic rings. The summed E-state index contributed by atoms with van der Waals surface area (Å²) in [7, 11) is 1.57. The number of fused-ring (bicyclic) bond motifs is 1. The van der Waals surface area contributed by atoms with Gasteiger partial charge in [-0.15, -0.1) is 0 Å². The van der Waals surface area contributed by atoms with Gasteiger partial charge in [-0.2, -0.15) is 5.10 Å². The van der Waals surface area contributed by atoms with Crippen molar-refractivity contribution in [1.29, 1.82) is 0 Å². The summed E-state index contributed by atoms with van der Waals surface area (Å²) in [5.74, 6) is -0.529. The SMILES string of the molecule is COc1cc2ccccc2cc1/C=N/NC(=O)c1ccc(O)c(O)c1. The Balaban J connectivity index is 1.80. The number of ether oxygens (including phenoxy) is 1. The largest absolute Gasteiger partial charge is 0.504 e. The second kappa shape index (κ2) is 6.92. The van der Waals surface area contributed by atoms with E-state index in [9.17, 15) is 15.0 Å². The maximum atomic E-state index is 12.0. The van der Waals surface area contributed by atoms with Crippen molar-refractivity contribution in [3.05, 3.63) is 65.7 Å². The maximum Gasteiger partial charge on any atom is 0.271 e. The highest BCUT2D eigenvalue weighted by Gasteiger charge is 2.08. The molecule has 0 unspecified atom stereocenters. The van der Waals surface area contributed by atoms with Crippen molar-refractivity contribution in [2.45, 2.75) is 0 Å². The third-order valence-electron chi connectivity index (χ3n) is 3.71. The summed E-state index contributed by atoms with van der Waals surface area (Å²) in [6.07, 6.45) is 1.49. The number of aromatic hydroxyl groups is 2. The van der Waals surface area contributed by atoms with Crippen LogP contribution in [0.3, 0.4) is 0 Å². The van der Waals surface area contributed by atoms with E-state index >= 15 is 0 Å². The fraction of sp³-hybridized carbons (Fsp3) is 0.0526. The minimum absolute atomic E-state index is 0.179. The van der Waals surface area contributed by atoms with Gasteiger partial charge in [-0.05, 0) is 41.1 Å². The van der Waals surface area contributed by atoms with E-state index in [0.717, 1.165) is 22.4 Å². The topological polar surface area (TPSA) is 91.2 Å². The van der Waals surface area contributed by atoms with Gasteiger partial charge >= 0.3 is 0 Å². The molecule has 0 saturated carbocycles. The van der Waals surface area contributed by atoms with Crippen LogP contribution in [0, 0.1) is 0 Å². The third kappa shape index (κ3) is 3.53. The number of hydrogen-bond donors (Lipinski definition) is 3. The van der Waals surface area contributed by atoms with Crippen molar-refractivity contribution >= 4 is 22.9 Å². The number of amides is 1. The number of carbonyl (C=O) groups is 1. The van der Waals surface area contributed by atoms with Crippen LogP contribution in [0.25, 0.3) is 10.8 Å². The Kier molecular flexibility index (Phi) is 4.52. The van der Waals surface area contributed by atoms with E-state index in [1.54, 1.807) is 7.11 Å². The minimum Gasteiger partial charge on any atom is -0.504 e. The van der Waals surface area contributed by atoms with E-state index in [-0.39, 0.29) is 17.1 Å². The zero-order chi connectivity index (χ0) is 17.8. The summed E-state index contributed by atoms with van der Waals surface area (Å²) in [5, 5.41) is 24.7. The first kappa shape index (κ1) is 16.3. The van der Waals surface area contributed by atoms with Crippen molar-refractivity contribution in [3.8, 4) is 17.2 Å². The van der Waals surface area contributed by atoms with Gasteiger partial charge in [0.05, 0.1) is 13.3 Å². The fourth-order valence-electron chi connectivity index (χ4n) is 2.40. The molecule has 6 heteroatoms. The predicted molar refractivity (Wildman–Crippen MR) is 95.3 cm³/mol. The number of nitrogens with zero attached hydrogens (tertiary/aromatic N) is 1. The van der Waals surface area contributed by atoms with Gasteiger partial charge in [0, 0.05) is 11.1 Å². The molecule has 25 heavy (non-hydrogen) atoms. The summed E-state index contributed by atoms with van der Waals surface area (Å²) in [6.45, 7) is 0. The first-order valence-corrected chi connectivity index (χ1v) is 7.50. The van der Waals surface area contributed by atoms with Crippen LogP contribution in [0.15, 0.2) is 59.7 Å². The summed E-state index contributed by atoms with van der Waals surface area (Å²) < 4.78 is 5.36. The normalized spacial score (nSPS) is 10.9. The highest BCUT2D eigenvalue weighted by Crippen LogP contribution is 2.25. The molecular formula is C19H16N2O4. The molecule has 0 saturated heterocycles. The predicted octanol–water partition coefficient (Wildman–Crippen LogP) is 3.02. The lowest BCUT2D eigenvalue weighted by Crippen LogP contribution is -2.17. The number of phenolic OH excluding ortho intramolecular Hbond substituents is 2. The van der Waals surface area contributed by atoms with Crippen LogP contribution < -0.4 is 10.2 Å². The molecule has 3 aromatic carbocycles. The zero-order valence-electron chi connectivity index (χ0n) is 13.4. The summed E-state index contributed by atoms with van der Waals surface area (Å²) >= 11 is 0. The molecule has 3 N–H and O–H groups in total. The standard InChI is InChI=1S/C19H16N2O4/c1-25-18-10-13-5-3-2-4-12(13)8-15(18)11-20-21-19(24)14-6-7-16(22)17(23)9-14/h2-11,22-23H,1H3,(H,21,24)/b20-11+. The number of carbonyl (C=O) groups excluding carboxylic acids is 1. The lowest BCUT2D eigenvalue weighted by Gasteiger charge is -2.07. The number of benzene rings is 3. The van der Waals surface area contributed by atoms with Crippen LogP contribution in [0.5, 0.6) is 17.2 Å². The fourth-order valence-corrected chi connectivity index (χ4v) is 2.40. The molecule has 0 fully saturated rings. The van der Waals surface area contributed by atoms with Crippen molar-refractivity contribution in [2.24, 2.45) is 5.10 Å². The number of nitrogens with one attached hydrogen (secondary N) is 1.